The number of aliphatic hydroxyl groups excluding tert-OH is 1. The molecule has 0 aromatic heterocycles. The van der Waals surface area contributed by atoms with Crippen LogP contribution in [0, 0.1) is 0 Å². The van der Waals surface area contributed by atoms with Crippen molar-refractivity contribution >= 4 is 33.6 Å². The van der Waals surface area contributed by atoms with E-state index >= 15 is 0 Å². The van der Waals surface area contributed by atoms with Gasteiger partial charge in [0.2, 0.25) is 5.91 Å². The lowest BCUT2D eigenvalue weighted by Crippen LogP contribution is -2.29. The SMILES string of the molecule is O=C(CCSc1ccccc1Br)N1CC[C@@H](O)C1. The predicted octanol–water partition coefficient (Wildman–Crippen LogP) is 2.52. The first-order valence-corrected chi connectivity index (χ1v) is 7.78. The maximum Gasteiger partial charge on any atom is 0.223 e. The first kappa shape index (κ1) is 13.9. The lowest BCUT2D eigenvalue weighted by Gasteiger charge is -2.15. The zero-order valence-electron chi connectivity index (χ0n) is 10.0. The fraction of sp³-hybridized carbons (Fsp3) is 0.462. The van der Waals surface area contributed by atoms with Crippen LogP contribution in [0.15, 0.2) is 33.6 Å². The van der Waals surface area contributed by atoms with Crippen LogP contribution in [0.2, 0.25) is 0 Å². The minimum atomic E-state index is -0.329. The molecule has 0 radical (unpaired) electrons. The van der Waals surface area contributed by atoms with E-state index in [-0.39, 0.29) is 12.0 Å². The van der Waals surface area contributed by atoms with Gasteiger partial charge in [0.25, 0.3) is 0 Å². The molecule has 1 aromatic rings. The summed E-state index contributed by atoms with van der Waals surface area (Å²) in [6.45, 7) is 1.19. The van der Waals surface area contributed by atoms with Gasteiger partial charge in [-0.05, 0) is 34.5 Å². The number of aliphatic hydroxyl groups is 1. The quantitative estimate of drug-likeness (QED) is 0.863. The third-order valence-corrected chi connectivity index (χ3v) is 4.96. The number of likely N-dealkylation sites (tertiary alicyclic amines) is 1. The van der Waals surface area contributed by atoms with Crippen LogP contribution >= 0.6 is 27.7 Å². The summed E-state index contributed by atoms with van der Waals surface area (Å²) in [4.78, 5) is 14.8. The number of hydrogen-bond acceptors (Lipinski definition) is 3. The van der Waals surface area contributed by atoms with Gasteiger partial charge in [0.1, 0.15) is 0 Å². The van der Waals surface area contributed by atoms with E-state index < -0.39 is 0 Å². The van der Waals surface area contributed by atoms with Gasteiger partial charge in [-0.2, -0.15) is 0 Å². The smallest absolute Gasteiger partial charge is 0.223 e. The Bertz CT molecular complexity index is 427. The second kappa shape index (κ2) is 6.59. The minimum Gasteiger partial charge on any atom is -0.391 e. The number of thioether (sulfide) groups is 1. The molecule has 1 aliphatic rings. The Kier molecular flexibility index (Phi) is 5.09. The van der Waals surface area contributed by atoms with E-state index in [9.17, 15) is 9.90 Å². The Labute approximate surface area is 120 Å². The lowest BCUT2D eigenvalue weighted by molar-refractivity contribution is -0.130. The third-order valence-electron chi connectivity index (χ3n) is 2.93. The van der Waals surface area contributed by atoms with E-state index in [1.165, 1.54) is 0 Å². The summed E-state index contributed by atoms with van der Waals surface area (Å²) in [7, 11) is 0. The first-order chi connectivity index (χ1) is 8.66. The van der Waals surface area contributed by atoms with Gasteiger partial charge >= 0.3 is 0 Å². The Balaban J connectivity index is 1.75. The van der Waals surface area contributed by atoms with Crippen LogP contribution in [0.3, 0.4) is 0 Å². The van der Waals surface area contributed by atoms with Gasteiger partial charge in [-0.15, -0.1) is 11.8 Å². The van der Waals surface area contributed by atoms with Crippen molar-refractivity contribution in [2.75, 3.05) is 18.8 Å². The number of carbonyl (C=O) groups is 1. The van der Waals surface area contributed by atoms with Crippen molar-refractivity contribution in [2.24, 2.45) is 0 Å². The second-order valence-electron chi connectivity index (χ2n) is 4.31. The Morgan fingerprint density at radius 3 is 2.94 bits per heavy atom. The lowest BCUT2D eigenvalue weighted by atomic mass is 10.3. The number of nitrogens with zero attached hydrogens (tertiary/aromatic N) is 1. The molecule has 1 aliphatic heterocycles. The summed E-state index contributed by atoms with van der Waals surface area (Å²) < 4.78 is 1.07. The third kappa shape index (κ3) is 3.73. The van der Waals surface area contributed by atoms with E-state index in [4.69, 9.17) is 0 Å². The standard InChI is InChI=1S/C13H16BrNO2S/c14-11-3-1-2-4-12(11)18-8-6-13(17)15-7-5-10(16)9-15/h1-4,10,16H,5-9H2/t10-/m1/s1. The normalized spacial score (nSPS) is 19.2. The Morgan fingerprint density at radius 2 is 2.28 bits per heavy atom. The van der Waals surface area contributed by atoms with Gasteiger partial charge < -0.3 is 10.0 Å². The van der Waals surface area contributed by atoms with Crippen molar-refractivity contribution in [3.05, 3.63) is 28.7 Å². The molecule has 1 atom stereocenters. The van der Waals surface area contributed by atoms with E-state index in [0.29, 0.717) is 25.9 Å². The van der Waals surface area contributed by atoms with Crippen LogP contribution in [0.1, 0.15) is 12.8 Å². The van der Waals surface area contributed by atoms with Crippen molar-refractivity contribution in [3.8, 4) is 0 Å². The summed E-state index contributed by atoms with van der Waals surface area (Å²) in [5.41, 5.74) is 0. The molecule has 5 heteroatoms. The highest BCUT2D eigenvalue weighted by atomic mass is 79.9. The molecule has 0 spiro atoms. The molecule has 1 aromatic carbocycles. The summed E-state index contributed by atoms with van der Waals surface area (Å²) in [6.07, 6.45) is 0.909. The van der Waals surface area contributed by atoms with Crippen molar-refractivity contribution in [3.63, 3.8) is 0 Å². The fourth-order valence-corrected chi connectivity index (χ4v) is 3.44. The molecule has 3 nitrogen and oxygen atoms in total. The molecule has 0 unspecified atom stereocenters. The zero-order valence-corrected chi connectivity index (χ0v) is 12.4. The molecule has 0 aliphatic carbocycles. The number of benzene rings is 1. The molecule has 1 amide bonds. The van der Waals surface area contributed by atoms with Crippen LogP contribution < -0.4 is 0 Å². The van der Waals surface area contributed by atoms with Gasteiger partial charge in [-0.1, -0.05) is 12.1 Å². The number of amides is 1. The Morgan fingerprint density at radius 1 is 1.50 bits per heavy atom. The van der Waals surface area contributed by atoms with Gasteiger partial charge in [0.15, 0.2) is 0 Å². The van der Waals surface area contributed by atoms with E-state index in [2.05, 4.69) is 15.9 Å². The van der Waals surface area contributed by atoms with Crippen molar-refractivity contribution in [2.45, 2.75) is 23.8 Å². The van der Waals surface area contributed by atoms with Crippen molar-refractivity contribution < 1.29 is 9.90 Å². The molecular formula is C13H16BrNO2S. The van der Waals surface area contributed by atoms with Gasteiger partial charge in [-0.3, -0.25) is 4.79 Å². The van der Waals surface area contributed by atoms with Crippen LogP contribution in [0.4, 0.5) is 0 Å². The summed E-state index contributed by atoms with van der Waals surface area (Å²) in [5.74, 6) is 0.916. The highest BCUT2D eigenvalue weighted by Crippen LogP contribution is 2.27. The largest absolute Gasteiger partial charge is 0.391 e. The highest BCUT2D eigenvalue weighted by Gasteiger charge is 2.23. The van der Waals surface area contributed by atoms with Crippen LogP contribution in [-0.2, 0) is 4.79 Å². The van der Waals surface area contributed by atoms with E-state index in [0.717, 1.165) is 15.1 Å². The molecule has 98 valence electrons. The molecule has 1 heterocycles. The zero-order chi connectivity index (χ0) is 13.0. The van der Waals surface area contributed by atoms with Crippen molar-refractivity contribution in [1.82, 2.24) is 4.90 Å². The predicted molar refractivity (Wildman–Crippen MR) is 76.7 cm³/mol. The first-order valence-electron chi connectivity index (χ1n) is 6.00. The molecule has 0 bridgehead atoms. The summed E-state index contributed by atoms with van der Waals surface area (Å²) in [6, 6.07) is 8.01. The molecule has 18 heavy (non-hydrogen) atoms. The Hall–Kier alpha value is -0.520. The molecule has 2 rings (SSSR count). The van der Waals surface area contributed by atoms with Gasteiger partial charge in [-0.25, -0.2) is 0 Å². The number of carbonyl (C=O) groups excluding carboxylic acids is 1. The minimum absolute atomic E-state index is 0.145. The summed E-state index contributed by atoms with van der Waals surface area (Å²) in [5, 5.41) is 9.38. The van der Waals surface area contributed by atoms with Crippen LogP contribution in [0.25, 0.3) is 0 Å². The molecule has 1 saturated heterocycles. The van der Waals surface area contributed by atoms with Gasteiger partial charge in [0.05, 0.1) is 6.10 Å². The molecule has 0 saturated carbocycles. The van der Waals surface area contributed by atoms with Crippen molar-refractivity contribution in [1.29, 1.82) is 0 Å². The average Bonchev–Trinajstić information content (AvgIpc) is 2.78. The second-order valence-corrected chi connectivity index (χ2v) is 6.30. The molecular weight excluding hydrogens is 314 g/mol. The van der Waals surface area contributed by atoms with Crippen LogP contribution in [0.5, 0.6) is 0 Å². The number of β-amino-alcohol motifs (C(OH)–C–C–N with tert-alkyl or cyclic N) is 1. The summed E-state index contributed by atoms with van der Waals surface area (Å²) >= 11 is 5.17. The fourth-order valence-electron chi connectivity index (χ4n) is 1.94. The highest BCUT2D eigenvalue weighted by molar-refractivity contribution is 9.10. The number of halogens is 1. The van der Waals surface area contributed by atoms with Crippen LogP contribution in [-0.4, -0.2) is 40.9 Å². The molecule has 1 N–H and O–H groups in total. The van der Waals surface area contributed by atoms with E-state index in [1.807, 2.05) is 24.3 Å². The number of hydrogen-bond donors (Lipinski definition) is 1. The topological polar surface area (TPSA) is 40.5 Å². The average molecular weight is 330 g/mol. The monoisotopic (exact) mass is 329 g/mol. The van der Waals surface area contributed by atoms with E-state index in [1.54, 1.807) is 16.7 Å². The molecule has 1 fully saturated rings. The number of rotatable bonds is 4. The maximum absolute atomic E-state index is 11.9. The van der Waals surface area contributed by atoms with Gasteiger partial charge in [0, 0.05) is 34.6 Å². The maximum atomic E-state index is 11.9.